The topological polar surface area (TPSA) is 20.2 Å². The first-order chi connectivity index (χ1) is 6.83. The molecule has 1 aliphatic carbocycles. The fraction of sp³-hybridized carbons (Fsp3) is 0.385. The van der Waals surface area contributed by atoms with Crippen LogP contribution in [0, 0.1) is 17.8 Å². The highest BCUT2D eigenvalue weighted by Gasteiger charge is 2.29. The average Bonchev–Trinajstić information content (AvgIpc) is 2.54. The van der Waals surface area contributed by atoms with Crippen molar-refractivity contribution in [3.8, 4) is 11.8 Å². The quantitative estimate of drug-likeness (QED) is 0.667. The predicted octanol–water partition coefficient (Wildman–Crippen LogP) is 2.31. The molecule has 0 aromatic heterocycles. The Bertz CT molecular complexity index is 384. The molecule has 0 amide bonds. The van der Waals surface area contributed by atoms with E-state index in [-0.39, 0.29) is 6.10 Å². The van der Waals surface area contributed by atoms with Gasteiger partial charge >= 0.3 is 0 Å². The largest absolute Gasteiger partial charge is 0.388 e. The van der Waals surface area contributed by atoms with Gasteiger partial charge in [0.15, 0.2) is 0 Å². The number of aliphatic hydroxyl groups excluding tert-OH is 1. The van der Waals surface area contributed by atoms with Crippen LogP contribution in [0.25, 0.3) is 0 Å². The monoisotopic (exact) mass is 186 g/mol. The smallest absolute Gasteiger partial charge is 0.0833 e. The summed E-state index contributed by atoms with van der Waals surface area (Å²) in [5.74, 6) is 6.22. The van der Waals surface area contributed by atoms with Crippen LogP contribution < -0.4 is 0 Å². The van der Waals surface area contributed by atoms with Gasteiger partial charge in [0.2, 0.25) is 0 Å². The Balaban J connectivity index is 2.19. The molecule has 2 unspecified atom stereocenters. The molecule has 0 heterocycles. The van der Waals surface area contributed by atoms with Crippen LogP contribution in [0.15, 0.2) is 24.3 Å². The second-order valence-corrected chi connectivity index (χ2v) is 3.74. The lowest BCUT2D eigenvalue weighted by molar-refractivity contribution is 0.126. The van der Waals surface area contributed by atoms with E-state index in [0.717, 1.165) is 18.4 Å². The van der Waals surface area contributed by atoms with E-state index in [0.29, 0.717) is 5.92 Å². The predicted molar refractivity (Wildman–Crippen MR) is 56.7 cm³/mol. The van der Waals surface area contributed by atoms with Crippen molar-refractivity contribution in [1.29, 1.82) is 0 Å². The van der Waals surface area contributed by atoms with Crippen LogP contribution in [0.1, 0.15) is 30.6 Å². The molecular weight excluding hydrogens is 172 g/mol. The Labute approximate surface area is 84.8 Å². The summed E-state index contributed by atoms with van der Waals surface area (Å²) >= 11 is 0. The second kappa shape index (κ2) is 3.86. The van der Waals surface area contributed by atoms with Crippen molar-refractivity contribution < 1.29 is 5.11 Å². The zero-order valence-electron chi connectivity index (χ0n) is 8.33. The van der Waals surface area contributed by atoms with Crippen molar-refractivity contribution in [1.82, 2.24) is 0 Å². The van der Waals surface area contributed by atoms with E-state index in [1.807, 2.05) is 25.1 Å². The first-order valence-corrected chi connectivity index (χ1v) is 4.98. The van der Waals surface area contributed by atoms with Gasteiger partial charge in [-0.05, 0) is 24.5 Å². The molecule has 2 atom stereocenters. The molecule has 0 saturated carbocycles. The van der Waals surface area contributed by atoms with Crippen molar-refractivity contribution in [3.05, 3.63) is 35.4 Å². The zero-order chi connectivity index (χ0) is 9.97. The van der Waals surface area contributed by atoms with E-state index in [4.69, 9.17) is 0 Å². The lowest BCUT2D eigenvalue weighted by Gasteiger charge is -2.10. The molecule has 14 heavy (non-hydrogen) atoms. The molecule has 0 fully saturated rings. The average molecular weight is 186 g/mol. The summed E-state index contributed by atoms with van der Waals surface area (Å²) in [7, 11) is 0. The Morgan fingerprint density at radius 1 is 1.43 bits per heavy atom. The highest BCUT2D eigenvalue weighted by molar-refractivity contribution is 5.34. The molecule has 0 spiro atoms. The number of aliphatic hydroxyl groups is 1. The molecule has 1 aromatic rings. The Hall–Kier alpha value is -1.26. The van der Waals surface area contributed by atoms with Gasteiger partial charge in [0.05, 0.1) is 6.10 Å². The molecule has 1 aliphatic rings. The fourth-order valence-corrected chi connectivity index (χ4v) is 2.07. The van der Waals surface area contributed by atoms with Crippen molar-refractivity contribution in [2.24, 2.45) is 5.92 Å². The van der Waals surface area contributed by atoms with E-state index in [1.165, 1.54) is 5.56 Å². The highest BCUT2D eigenvalue weighted by atomic mass is 16.3. The van der Waals surface area contributed by atoms with Gasteiger partial charge in [-0.1, -0.05) is 24.3 Å². The second-order valence-electron chi connectivity index (χ2n) is 3.74. The van der Waals surface area contributed by atoms with Gasteiger partial charge in [-0.3, -0.25) is 0 Å². The van der Waals surface area contributed by atoms with E-state index in [9.17, 15) is 5.11 Å². The number of hydrogen-bond donors (Lipinski definition) is 1. The molecule has 0 saturated heterocycles. The first-order valence-electron chi connectivity index (χ1n) is 4.98. The standard InChI is InChI=1S/C13H14O/c1-2-3-6-11-9-10-7-4-5-8-12(10)13(11)14/h4-5,7-8,11,13-14H,6,9H2,1H3. The van der Waals surface area contributed by atoms with Crippen LogP contribution in [0.4, 0.5) is 0 Å². The van der Waals surface area contributed by atoms with Gasteiger partial charge in [-0.25, -0.2) is 0 Å². The third-order valence-electron chi connectivity index (χ3n) is 2.84. The van der Waals surface area contributed by atoms with E-state index in [2.05, 4.69) is 17.9 Å². The number of hydrogen-bond acceptors (Lipinski definition) is 1. The van der Waals surface area contributed by atoms with Gasteiger partial charge in [0.25, 0.3) is 0 Å². The Morgan fingerprint density at radius 2 is 2.21 bits per heavy atom. The first kappa shape index (κ1) is 9.30. The molecule has 1 N–H and O–H groups in total. The number of benzene rings is 1. The third kappa shape index (κ3) is 1.54. The summed E-state index contributed by atoms with van der Waals surface area (Å²) in [5, 5.41) is 10.00. The summed E-state index contributed by atoms with van der Waals surface area (Å²) < 4.78 is 0. The lowest BCUT2D eigenvalue weighted by atomic mass is 10.00. The lowest BCUT2D eigenvalue weighted by Crippen LogP contribution is -2.05. The normalized spacial score (nSPS) is 23.9. The molecule has 1 heteroatoms. The van der Waals surface area contributed by atoms with E-state index < -0.39 is 0 Å². The Kier molecular flexibility index (Phi) is 2.56. The summed E-state index contributed by atoms with van der Waals surface area (Å²) in [5.41, 5.74) is 2.37. The van der Waals surface area contributed by atoms with Crippen molar-refractivity contribution >= 4 is 0 Å². The van der Waals surface area contributed by atoms with E-state index >= 15 is 0 Å². The summed E-state index contributed by atoms with van der Waals surface area (Å²) in [6.45, 7) is 1.84. The van der Waals surface area contributed by atoms with Gasteiger partial charge in [-0.15, -0.1) is 11.8 Å². The summed E-state index contributed by atoms with van der Waals surface area (Å²) in [6.07, 6.45) is 1.45. The SMILES string of the molecule is CC#CCC1Cc2ccccc2C1O. The van der Waals surface area contributed by atoms with Gasteiger partial charge < -0.3 is 5.11 Å². The minimum atomic E-state index is -0.313. The molecule has 0 radical (unpaired) electrons. The maximum Gasteiger partial charge on any atom is 0.0833 e. The third-order valence-corrected chi connectivity index (χ3v) is 2.84. The molecule has 2 rings (SSSR count). The van der Waals surface area contributed by atoms with Crippen LogP contribution in [0.2, 0.25) is 0 Å². The molecule has 0 bridgehead atoms. The van der Waals surface area contributed by atoms with Crippen LogP contribution >= 0.6 is 0 Å². The van der Waals surface area contributed by atoms with Crippen LogP contribution in [0.3, 0.4) is 0 Å². The van der Waals surface area contributed by atoms with Crippen LogP contribution in [-0.4, -0.2) is 5.11 Å². The fourth-order valence-electron chi connectivity index (χ4n) is 2.07. The maximum atomic E-state index is 10.00. The van der Waals surface area contributed by atoms with Gasteiger partial charge in [0, 0.05) is 12.3 Å². The minimum Gasteiger partial charge on any atom is -0.388 e. The van der Waals surface area contributed by atoms with Crippen molar-refractivity contribution in [2.75, 3.05) is 0 Å². The van der Waals surface area contributed by atoms with Crippen LogP contribution in [0.5, 0.6) is 0 Å². The maximum absolute atomic E-state index is 10.00. The van der Waals surface area contributed by atoms with E-state index in [1.54, 1.807) is 0 Å². The number of fused-ring (bicyclic) bond motifs is 1. The van der Waals surface area contributed by atoms with Crippen molar-refractivity contribution in [3.63, 3.8) is 0 Å². The number of rotatable bonds is 1. The summed E-state index contributed by atoms with van der Waals surface area (Å²) in [6, 6.07) is 8.12. The minimum absolute atomic E-state index is 0.292. The Morgan fingerprint density at radius 3 is 2.93 bits per heavy atom. The highest BCUT2D eigenvalue weighted by Crippen LogP contribution is 2.37. The van der Waals surface area contributed by atoms with Gasteiger partial charge in [0.1, 0.15) is 0 Å². The van der Waals surface area contributed by atoms with Crippen molar-refractivity contribution in [2.45, 2.75) is 25.9 Å². The molecule has 1 nitrogen and oxygen atoms in total. The molecule has 72 valence electrons. The van der Waals surface area contributed by atoms with Gasteiger partial charge in [-0.2, -0.15) is 0 Å². The summed E-state index contributed by atoms with van der Waals surface area (Å²) in [4.78, 5) is 0. The molecule has 0 aliphatic heterocycles. The zero-order valence-corrected chi connectivity index (χ0v) is 8.33. The molecular formula is C13H14O. The van der Waals surface area contributed by atoms with Crippen LogP contribution in [-0.2, 0) is 6.42 Å². The molecule has 1 aromatic carbocycles.